The highest BCUT2D eigenvalue weighted by atomic mass is 16.6. The maximum absolute atomic E-state index is 11.7. The molecule has 1 saturated carbocycles. The Labute approximate surface area is 110 Å². The first kappa shape index (κ1) is 13.7. The molecule has 1 heterocycles. The molecule has 0 aromatic rings. The molecule has 1 saturated heterocycles. The minimum Gasteiger partial charge on any atom is -0.444 e. The highest BCUT2D eigenvalue weighted by Gasteiger charge is 2.31. The van der Waals surface area contributed by atoms with Crippen molar-refractivity contribution in [1.82, 2.24) is 10.6 Å². The first-order valence-electron chi connectivity index (χ1n) is 7.17. The molecule has 18 heavy (non-hydrogen) atoms. The molecule has 4 heteroatoms. The number of carbonyl (C=O) groups is 1. The van der Waals surface area contributed by atoms with Crippen LogP contribution in [0.25, 0.3) is 0 Å². The van der Waals surface area contributed by atoms with Crippen LogP contribution in [0.4, 0.5) is 4.79 Å². The van der Waals surface area contributed by atoms with E-state index in [1.54, 1.807) is 0 Å². The van der Waals surface area contributed by atoms with Crippen molar-refractivity contribution in [3.8, 4) is 0 Å². The fraction of sp³-hybridized carbons (Fsp3) is 0.929. The summed E-state index contributed by atoms with van der Waals surface area (Å²) in [6.45, 7) is 6.87. The molecule has 0 spiro atoms. The summed E-state index contributed by atoms with van der Waals surface area (Å²) in [5.74, 6) is 0.815. The van der Waals surface area contributed by atoms with Crippen molar-refractivity contribution in [2.24, 2.45) is 5.92 Å². The first-order chi connectivity index (χ1) is 8.44. The van der Waals surface area contributed by atoms with Crippen LogP contribution in [-0.2, 0) is 4.74 Å². The molecule has 1 unspecified atom stereocenters. The van der Waals surface area contributed by atoms with Crippen molar-refractivity contribution in [3.05, 3.63) is 0 Å². The maximum atomic E-state index is 11.7. The molecule has 2 fully saturated rings. The van der Waals surface area contributed by atoms with Crippen LogP contribution >= 0.6 is 0 Å². The van der Waals surface area contributed by atoms with Crippen LogP contribution in [0.2, 0.25) is 0 Å². The van der Waals surface area contributed by atoms with Gasteiger partial charge in [-0.25, -0.2) is 4.79 Å². The van der Waals surface area contributed by atoms with Crippen molar-refractivity contribution >= 4 is 6.09 Å². The summed E-state index contributed by atoms with van der Waals surface area (Å²) in [7, 11) is 0. The first-order valence-corrected chi connectivity index (χ1v) is 7.17. The average molecular weight is 254 g/mol. The minimum absolute atomic E-state index is 0.271. The summed E-state index contributed by atoms with van der Waals surface area (Å²) < 4.78 is 5.28. The lowest BCUT2D eigenvalue weighted by Crippen LogP contribution is -2.50. The lowest BCUT2D eigenvalue weighted by atomic mass is 9.78. The van der Waals surface area contributed by atoms with Crippen LogP contribution in [-0.4, -0.2) is 30.3 Å². The van der Waals surface area contributed by atoms with Crippen LogP contribution in [0.5, 0.6) is 0 Å². The Morgan fingerprint density at radius 3 is 2.22 bits per heavy atom. The molecule has 0 bridgehead atoms. The summed E-state index contributed by atoms with van der Waals surface area (Å²) in [6.07, 6.45) is 5.67. The Morgan fingerprint density at radius 2 is 1.78 bits per heavy atom. The number of rotatable bonds is 2. The number of amides is 1. The Balaban J connectivity index is 1.68. The van der Waals surface area contributed by atoms with E-state index in [2.05, 4.69) is 10.6 Å². The Morgan fingerprint density at radius 1 is 1.17 bits per heavy atom. The highest BCUT2D eigenvalue weighted by molar-refractivity contribution is 5.68. The van der Waals surface area contributed by atoms with Crippen molar-refractivity contribution in [1.29, 1.82) is 0 Å². The second-order valence-corrected chi connectivity index (χ2v) is 6.61. The van der Waals surface area contributed by atoms with Gasteiger partial charge < -0.3 is 15.4 Å². The van der Waals surface area contributed by atoms with E-state index in [-0.39, 0.29) is 6.09 Å². The maximum Gasteiger partial charge on any atom is 0.407 e. The van der Waals surface area contributed by atoms with Crippen molar-refractivity contribution in [3.63, 3.8) is 0 Å². The molecule has 2 N–H and O–H groups in total. The van der Waals surface area contributed by atoms with Gasteiger partial charge in [-0.15, -0.1) is 0 Å². The zero-order valence-corrected chi connectivity index (χ0v) is 11.8. The van der Waals surface area contributed by atoms with Crippen LogP contribution in [0.15, 0.2) is 0 Å². The monoisotopic (exact) mass is 254 g/mol. The van der Waals surface area contributed by atoms with E-state index < -0.39 is 5.60 Å². The number of hydrogen-bond donors (Lipinski definition) is 2. The molecule has 1 amide bonds. The number of alkyl carbamates (subject to hydrolysis) is 1. The molecule has 0 aromatic heterocycles. The third-order valence-electron chi connectivity index (χ3n) is 3.92. The molecule has 104 valence electrons. The van der Waals surface area contributed by atoms with E-state index >= 15 is 0 Å². The van der Waals surface area contributed by atoms with Crippen molar-refractivity contribution in [2.45, 2.75) is 70.6 Å². The zero-order chi connectivity index (χ0) is 13.2. The largest absolute Gasteiger partial charge is 0.444 e. The molecular formula is C14H26N2O2. The number of nitrogens with one attached hydrogen (secondary N) is 2. The summed E-state index contributed by atoms with van der Waals surface area (Å²) in [4.78, 5) is 11.7. The molecule has 2 rings (SSSR count). The van der Waals surface area contributed by atoms with E-state index in [9.17, 15) is 4.79 Å². The molecule has 1 aliphatic carbocycles. The summed E-state index contributed by atoms with van der Waals surface area (Å²) in [6, 6.07) is 1.05. The van der Waals surface area contributed by atoms with E-state index in [4.69, 9.17) is 4.74 Å². The molecule has 0 aromatic carbocycles. The SMILES string of the molecule is CC(C)(C)OC(=O)NC1CCC(C2CCN2)CC1. The minimum atomic E-state index is -0.406. The van der Waals surface area contributed by atoms with Crippen molar-refractivity contribution < 1.29 is 9.53 Å². The molecule has 2 aliphatic rings. The van der Waals surface area contributed by atoms with Gasteiger partial charge in [0.25, 0.3) is 0 Å². The van der Waals surface area contributed by atoms with Crippen LogP contribution in [0.1, 0.15) is 52.9 Å². The standard InChI is InChI=1S/C14H26N2O2/c1-14(2,3)18-13(17)16-11-6-4-10(5-7-11)12-8-9-15-12/h10-12,15H,4-9H2,1-3H3,(H,16,17). The van der Waals surface area contributed by atoms with Gasteiger partial charge in [0.1, 0.15) is 5.60 Å². The van der Waals surface area contributed by atoms with Crippen LogP contribution in [0, 0.1) is 5.92 Å². The normalized spacial score (nSPS) is 32.5. The van der Waals surface area contributed by atoms with Gasteiger partial charge in [0, 0.05) is 12.1 Å². The second-order valence-electron chi connectivity index (χ2n) is 6.61. The van der Waals surface area contributed by atoms with Crippen LogP contribution < -0.4 is 10.6 Å². The quantitative estimate of drug-likeness (QED) is 0.795. The van der Waals surface area contributed by atoms with Gasteiger partial charge in [-0.05, 0) is 65.3 Å². The van der Waals surface area contributed by atoms with E-state index in [0.717, 1.165) is 24.8 Å². The van der Waals surface area contributed by atoms with Gasteiger partial charge in [0.15, 0.2) is 0 Å². The van der Waals surface area contributed by atoms with Gasteiger partial charge in [0.2, 0.25) is 0 Å². The highest BCUT2D eigenvalue weighted by Crippen LogP contribution is 2.30. The predicted octanol–water partition coefficient (Wildman–Crippen LogP) is 2.43. The fourth-order valence-electron chi connectivity index (χ4n) is 2.85. The number of carbonyl (C=O) groups excluding carboxylic acids is 1. The second kappa shape index (κ2) is 5.47. The fourth-order valence-corrected chi connectivity index (χ4v) is 2.85. The van der Waals surface area contributed by atoms with Gasteiger partial charge in [-0.2, -0.15) is 0 Å². The van der Waals surface area contributed by atoms with Crippen molar-refractivity contribution in [2.75, 3.05) is 6.54 Å². The molecule has 4 nitrogen and oxygen atoms in total. The van der Waals surface area contributed by atoms with Gasteiger partial charge in [0.05, 0.1) is 0 Å². The average Bonchev–Trinajstić information content (AvgIpc) is 2.15. The summed E-state index contributed by atoms with van der Waals surface area (Å²) in [5, 5.41) is 6.48. The Bertz CT molecular complexity index is 287. The number of ether oxygens (including phenoxy) is 1. The smallest absolute Gasteiger partial charge is 0.407 e. The molecule has 0 radical (unpaired) electrons. The van der Waals surface area contributed by atoms with Gasteiger partial charge >= 0.3 is 6.09 Å². The van der Waals surface area contributed by atoms with Gasteiger partial charge in [-0.3, -0.25) is 0 Å². The summed E-state index contributed by atoms with van der Waals surface area (Å²) in [5.41, 5.74) is -0.406. The molecular weight excluding hydrogens is 228 g/mol. The topological polar surface area (TPSA) is 50.4 Å². The Kier molecular flexibility index (Phi) is 4.15. The summed E-state index contributed by atoms with van der Waals surface area (Å²) >= 11 is 0. The van der Waals surface area contributed by atoms with E-state index in [0.29, 0.717) is 6.04 Å². The zero-order valence-electron chi connectivity index (χ0n) is 11.8. The number of hydrogen-bond acceptors (Lipinski definition) is 3. The van der Waals surface area contributed by atoms with Gasteiger partial charge in [-0.1, -0.05) is 0 Å². The third-order valence-corrected chi connectivity index (χ3v) is 3.92. The molecule has 1 atom stereocenters. The molecule has 1 aliphatic heterocycles. The van der Waals surface area contributed by atoms with E-state index in [1.807, 2.05) is 20.8 Å². The Hall–Kier alpha value is -0.770. The predicted molar refractivity (Wildman–Crippen MR) is 71.5 cm³/mol. The van der Waals surface area contributed by atoms with E-state index in [1.165, 1.54) is 25.8 Å². The van der Waals surface area contributed by atoms with Crippen LogP contribution in [0.3, 0.4) is 0 Å². The lowest BCUT2D eigenvalue weighted by Gasteiger charge is -2.39. The lowest BCUT2D eigenvalue weighted by molar-refractivity contribution is 0.0481. The third kappa shape index (κ3) is 3.87.